The number of imidazole rings is 1. The van der Waals surface area contributed by atoms with Crippen LogP contribution in [-0.2, 0) is 0 Å². The van der Waals surface area contributed by atoms with E-state index in [1.54, 1.807) is 0 Å². The van der Waals surface area contributed by atoms with Crippen LogP contribution in [-0.4, -0.2) is 9.55 Å². The highest BCUT2D eigenvalue weighted by Crippen LogP contribution is 2.30. The van der Waals surface area contributed by atoms with Crippen molar-refractivity contribution in [2.24, 2.45) is 0 Å². The van der Waals surface area contributed by atoms with Crippen molar-refractivity contribution in [1.82, 2.24) is 9.55 Å². The lowest BCUT2D eigenvalue weighted by atomic mass is 10.1. The first-order valence-electron chi connectivity index (χ1n) is 7.18. The fourth-order valence-electron chi connectivity index (χ4n) is 2.71. The number of halogens is 1. The lowest BCUT2D eigenvalue weighted by Crippen LogP contribution is -2.04. The van der Waals surface area contributed by atoms with Crippen molar-refractivity contribution in [2.75, 3.05) is 0 Å². The lowest BCUT2D eigenvalue weighted by molar-refractivity contribution is 0.877. The molecule has 0 saturated heterocycles. The van der Waals surface area contributed by atoms with Gasteiger partial charge in [0.15, 0.2) is 0 Å². The molecule has 0 fully saturated rings. The van der Waals surface area contributed by atoms with Gasteiger partial charge in [-0.15, -0.1) is 11.6 Å². The molecule has 1 unspecified atom stereocenters. The fourth-order valence-corrected chi connectivity index (χ4v) is 2.85. The molecular formula is C18H19ClN2. The third-order valence-electron chi connectivity index (χ3n) is 4.01. The molecule has 0 spiro atoms. The van der Waals surface area contributed by atoms with Crippen molar-refractivity contribution in [3.05, 3.63) is 58.9 Å². The molecule has 1 aromatic heterocycles. The summed E-state index contributed by atoms with van der Waals surface area (Å²) in [5.41, 5.74) is 7.01. The summed E-state index contributed by atoms with van der Waals surface area (Å²) in [6.45, 7) is 8.33. The smallest absolute Gasteiger partial charge is 0.132 e. The van der Waals surface area contributed by atoms with E-state index >= 15 is 0 Å². The number of hydrogen-bond acceptors (Lipinski definition) is 1. The molecule has 0 radical (unpaired) electrons. The highest BCUT2D eigenvalue weighted by Gasteiger charge is 2.17. The summed E-state index contributed by atoms with van der Waals surface area (Å²) in [5.74, 6) is 0.894. The molecule has 1 heterocycles. The van der Waals surface area contributed by atoms with Crippen molar-refractivity contribution in [1.29, 1.82) is 0 Å². The van der Waals surface area contributed by atoms with Crippen LogP contribution >= 0.6 is 11.6 Å². The Morgan fingerprint density at radius 1 is 1.10 bits per heavy atom. The van der Waals surface area contributed by atoms with Crippen LogP contribution in [0.15, 0.2) is 36.4 Å². The van der Waals surface area contributed by atoms with Crippen molar-refractivity contribution in [3.63, 3.8) is 0 Å². The molecule has 0 N–H and O–H groups in total. The Bertz CT molecular complexity index is 815. The molecule has 2 aromatic carbocycles. The van der Waals surface area contributed by atoms with Gasteiger partial charge in [-0.2, -0.15) is 0 Å². The van der Waals surface area contributed by atoms with Gasteiger partial charge in [-0.3, -0.25) is 4.57 Å². The second kappa shape index (κ2) is 5.19. The van der Waals surface area contributed by atoms with E-state index < -0.39 is 0 Å². The number of aryl methyl sites for hydroxylation is 2. The van der Waals surface area contributed by atoms with E-state index in [0.717, 1.165) is 22.5 Å². The molecule has 2 nitrogen and oxygen atoms in total. The molecule has 21 heavy (non-hydrogen) atoms. The Kier molecular flexibility index (Phi) is 3.50. The molecule has 3 aromatic rings. The first-order valence-corrected chi connectivity index (χ1v) is 7.62. The first kappa shape index (κ1) is 14.2. The van der Waals surface area contributed by atoms with Gasteiger partial charge < -0.3 is 0 Å². The van der Waals surface area contributed by atoms with Gasteiger partial charge in [0, 0.05) is 0 Å². The summed E-state index contributed by atoms with van der Waals surface area (Å²) in [5, 5.41) is -0.141. The molecule has 0 aliphatic rings. The van der Waals surface area contributed by atoms with Gasteiger partial charge in [0.25, 0.3) is 0 Å². The Morgan fingerprint density at radius 2 is 1.86 bits per heavy atom. The number of hydrogen-bond donors (Lipinski definition) is 0. The van der Waals surface area contributed by atoms with Crippen LogP contribution in [0.3, 0.4) is 0 Å². The van der Waals surface area contributed by atoms with E-state index in [4.69, 9.17) is 16.6 Å². The molecule has 0 aliphatic carbocycles. The van der Waals surface area contributed by atoms with Gasteiger partial charge in [-0.1, -0.05) is 18.2 Å². The molecule has 3 heteroatoms. The van der Waals surface area contributed by atoms with E-state index in [9.17, 15) is 0 Å². The van der Waals surface area contributed by atoms with Crippen LogP contribution in [0.2, 0.25) is 0 Å². The average molecular weight is 299 g/mol. The van der Waals surface area contributed by atoms with Gasteiger partial charge in [0.1, 0.15) is 5.82 Å². The summed E-state index contributed by atoms with van der Waals surface area (Å²) in [6, 6.07) is 12.7. The SMILES string of the molecule is Cc1ccc2c(c1)nc(C(C)Cl)n2-c1cccc(C)c1C. The molecule has 0 saturated carbocycles. The molecule has 3 rings (SSSR count). The van der Waals surface area contributed by atoms with Crippen LogP contribution in [0, 0.1) is 20.8 Å². The fraction of sp³-hybridized carbons (Fsp3) is 0.278. The second-order valence-corrected chi connectivity index (χ2v) is 6.29. The van der Waals surface area contributed by atoms with Gasteiger partial charge in [-0.25, -0.2) is 4.98 Å². The van der Waals surface area contributed by atoms with Crippen LogP contribution in [0.1, 0.15) is 34.8 Å². The summed E-state index contributed by atoms with van der Waals surface area (Å²) in [6.07, 6.45) is 0. The largest absolute Gasteiger partial charge is 0.295 e. The van der Waals surface area contributed by atoms with Crippen molar-refractivity contribution >= 4 is 22.6 Å². The van der Waals surface area contributed by atoms with Gasteiger partial charge in [-0.05, 0) is 62.6 Å². The predicted octanol–water partition coefficient (Wildman–Crippen LogP) is 5.25. The summed E-state index contributed by atoms with van der Waals surface area (Å²) < 4.78 is 2.19. The number of nitrogens with zero attached hydrogens (tertiary/aromatic N) is 2. The minimum Gasteiger partial charge on any atom is -0.295 e. The predicted molar refractivity (Wildman–Crippen MR) is 89.5 cm³/mol. The van der Waals surface area contributed by atoms with Gasteiger partial charge >= 0.3 is 0 Å². The van der Waals surface area contributed by atoms with Crippen molar-refractivity contribution < 1.29 is 0 Å². The maximum absolute atomic E-state index is 6.38. The Hall–Kier alpha value is -1.80. The lowest BCUT2D eigenvalue weighted by Gasteiger charge is -2.14. The van der Waals surface area contributed by atoms with Gasteiger partial charge in [0.2, 0.25) is 0 Å². The number of rotatable bonds is 2. The molecule has 0 aliphatic heterocycles. The number of fused-ring (bicyclic) bond motifs is 1. The highest BCUT2D eigenvalue weighted by molar-refractivity contribution is 6.20. The van der Waals surface area contributed by atoms with Crippen LogP contribution in [0.4, 0.5) is 0 Å². The normalized spacial score (nSPS) is 12.8. The van der Waals surface area contributed by atoms with Crippen LogP contribution in [0.25, 0.3) is 16.7 Å². The summed E-state index contributed by atoms with van der Waals surface area (Å²) in [7, 11) is 0. The number of aromatic nitrogens is 2. The van der Waals surface area contributed by atoms with E-state index in [1.165, 1.54) is 16.7 Å². The zero-order valence-corrected chi connectivity index (χ0v) is 13.6. The van der Waals surface area contributed by atoms with E-state index in [2.05, 4.69) is 61.7 Å². The topological polar surface area (TPSA) is 17.8 Å². The third-order valence-corrected chi connectivity index (χ3v) is 4.20. The van der Waals surface area contributed by atoms with Crippen LogP contribution < -0.4 is 0 Å². The maximum Gasteiger partial charge on any atom is 0.132 e. The first-order chi connectivity index (χ1) is 9.99. The standard InChI is InChI=1S/C18H19ClN2/c1-11-8-9-17-15(10-11)20-18(14(4)19)21(17)16-7-5-6-12(2)13(16)3/h5-10,14H,1-4H3. The Morgan fingerprint density at radius 3 is 2.57 bits per heavy atom. The zero-order valence-electron chi connectivity index (χ0n) is 12.8. The average Bonchev–Trinajstić information content (AvgIpc) is 2.80. The quantitative estimate of drug-likeness (QED) is 0.591. The number of alkyl halides is 1. The minimum atomic E-state index is -0.141. The monoisotopic (exact) mass is 298 g/mol. The zero-order chi connectivity index (χ0) is 15.1. The Labute approximate surface area is 130 Å². The van der Waals surface area contributed by atoms with Crippen molar-refractivity contribution in [3.8, 4) is 5.69 Å². The number of benzene rings is 2. The summed E-state index contributed by atoms with van der Waals surface area (Å²) >= 11 is 6.38. The molecule has 0 bridgehead atoms. The third kappa shape index (κ3) is 2.34. The molecule has 108 valence electrons. The Balaban J connectivity index is 2.39. The second-order valence-electron chi connectivity index (χ2n) is 5.63. The minimum absolute atomic E-state index is 0.141. The van der Waals surface area contributed by atoms with E-state index in [-0.39, 0.29) is 5.38 Å². The maximum atomic E-state index is 6.38. The highest BCUT2D eigenvalue weighted by atomic mass is 35.5. The molecular weight excluding hydrogens is 280 g/mol. The van der Waals surface area contributed by atoms with Gasteiger partial charge in [0.05, 0.1) is 22.1 Å². The summed E-state index contributed by atoms with van der Waals surface area (Å²) in [4.78, 5) is 4.75. The molecule has 0 amide bonds. The van der Waals surface area contributed by atoms with Crippen molar-refractivity contribution in [2.45, 2.75) is 33.1 Å². The van der Waals surface area contributed by atoms with E-state index in [0.29, 0.717) is 0 Å². The molecule has 1 atom stereocenters. The van der Waals surface area contributed by atoms with E-state index in [1.807, 2.05) is 6.92 Å². The van der Waals surface area contributed by atoms with Crippen LogP contribution in [0.5, 0.6) is 0 Å².